The van der Waals surface area contributed by atoms with Crippen molar-refractivity contribution >= 4 is 23.1 Å². The highest BCUT2D eigenvalue weighted by atomic mass is 16.5. The van der Waals surface area contributed by atoms with Crippen LogP contribution in [0.1, 0.15) is 18.2 Å². The zero-order chi connectivity index (χ0) is 18.7. The van der Waals surface area contributed by atoms with Gasteiger partial charge in [0.15, 0.2) is 0 Å². The number of rotatable bonds is 3. The van der Waals surface area contributed by atoms with Gasteiger partial charge in [0.2, 0.25) is 5.84 Å². The molecule has 0 atom stereocenters. The molecule has 4 N–H and O–H groups in total. The minimum absolute atomic E-state index is 0.106. The molecule has 0 bridgehead atoms. The van der Waals surface area contributed by atoms with E-state index >= 15 is 0 Å². The smallest absolute Gasteiger partial charge is 0.218 e. The number of nitrogens with zero attached hydrogens (tertiary/aromatic N) is 5. The number of anilines is 1. The van der Waals surface area contributed by atoms with Crippen molar-refractivity contribution in [2.75, 3.05) is 31.2 Å². The van der Waals surface area contributed by atoms with Crippen LogP contribution in [0, 0.1) is 16.7 Å². The average molecular weight is 353 g/mol. The lowest BCUT2D eigenvalue weighted by Gasteiger charge is -2.28. The molecule has 1 fully saturated rings. The van der Waals surface area contributed by atoms with Crippen LogP contribution in [0.5, 0.6) is 0 Å². The molecule has 1 aromatic rings. The van der Waals surface area contributed by atoms with Crippen LogP contribution in [0.4, 0.5) is 5.82 Å². The monoisotopic (exact) mass is 353 g/mol. The molecule has 0 radical (unpaired) electrons. The summed E-state index contributed by atoms with van der Waals surface area (Å²) >= 11 is 0. The fourth-order valence-corrected chi connectivity index (χ4v) is 2.91. The van der Waals surface area contributed by atoms with Gasteiger partial charge < -0.3 is 20.6 Å². The Morgan fingerprint density at radius 1 is 1.42 bits per heavy atom. The number of ether oxygens (including phenoxy) is 1. The van der Waals surface area contributed by atoms with Crippen molar-refractivity contribution in [1.82, 2.24) is 4.98 Å². The van der Waals surface area contributed by atoms with Crippen molar-refractivity contribution in [1.29, 1.82) is 10.7 Å². The number of oxime groups is 1. The van der Waals surface area contributed by atoms with E-state index in [1.54, 1.807) is 19.1 Å². The first kappa shape index (κ1) is 17.6. The van der Waals surface area contributed by atoms with Crippen LogP contribution in [0.2, 0.25) is 0 Å². The molecule has 0 aliphatic carbocycles. The third kappa shape index (κ3) is 3.27. The average Bonchev–Trinajstić information content (AvgIpc) is 2.68. The number of hydrogen-bond acceptors (Lipinski definition) is 8. The second kappa shape index (κ2) is 7.33. The van der Waals surface area contributed by atoms with Gasteiger partial charge in [-0.25, -0.2) is 9.98 Å². The second-order valence-electron chi connectivity index (χ2n) is 5.95. The number of aliphatic imine (C=N–C) groups is 1. The lowest BCUT2D eigenvalue weighted by molar-refractivity contribution is 0.122. The SMILES string of the molecule is CC1=N/C(=N/O)C(=N)C(N)=C1Cc1ccc(C#N)c(N2CCOCC2)n1. The summed E-state index contributed by atoms with van der Waals surface area (Å²) in [6, 6.07) is 5.69. The number of pyridine rings is 1. The molecule has 0 unspecified atom stereocenters. The van der Waals surface area contributed by atoms with Crippen LogP contribution in [-0.2, 0) is 11.2 Å². The summed E-state index contributed by atoms with van der Waals surface area (Å²) < 4.78 is 5.36. The van der Waals surface area contributed by atoms with E-state index in [0.717, 1.165) is 5.69 Å². The molecule has 3 rings (SSSR count). The lowest BCUT2D eigenvalue weighted by Crippen LogP contribution is -2.37. The normalized spacial score (nSPS) is 19.5. The van der Waals surface area contributed by atoms with Crippen molar-refractivity contribution in [3.8, 4) is 6.07 Å². The van der Waals surface area contributed by atoms with Crippen molar-refractivity contribution in [2.45, 2.75) is 13.3 Å². The maximum Gasteiger partial charge on any atom is 0.218 e. The predicted octanol–water partition coefficient (Wildman–Crippen LogP) is 0.827. The number of dihydropyridines is 1. The third-order valence-electron chi connectivity index (χ3n) is 4.34. The van der Waals surface area contributed by atoms with E-state index in [4.69, 9.17) is 21.1 Å². The van der Waals surface area contributed by atoms with E-state index < -0.39 is 0 Å². The first-order valence-corrected chi connectivity index (χ1v) is 8.13. The molecule has 1 saturated heterocycles. The Morgan fingerprint density at radius 2 is 2.15 bits per heavy atom. The number of aromatic nitrogens is 1. The van der Waals surface area contributed by atoms with Crippen molar-refractivity contribution in [2.24, 2.45) is 15.9 Å². The summed E-state index contributed by atoms with van der Waals surface area (Å²) in [6.07, 6.45) is 0.366. The molecule has 0 amide bonds. The Kier molecular flexibility index (Phi) is 4.95. The van der Waals surface area contributed by atoms with Gasteiger partial charge in [0.1, 0.15) is 17.6 Å². The highest BCUT2D eigenvalue weighted by Crippen LogP contribution is 2.22. The molecule has 1 aromatic heterocycles. The zero-order valence-electron chi connectivity index (χ0n) is 14.4. The largest absolute Gasteiger partial charge is 0.409 e. The van der Waals surface area contributed by atoms with E-state index in [2.05, 4.69) is 21.2 Å². The van der Waals surface area contributed by atoms with E-state index in [1.165, 1.54) is 0 Å². The molecule has 26 heavy (non-hydrogen) atoms. The van der Waals surface area contributed by atoms with Gasteiger partial charge in [0.25, 0.3) is 0 Å². The summed E-state index contributed by atoms with van der Waals surface area (Å²) in [5.41, 5.74) is 8.60. The summed E-state index contributed by atoms with van der Waals surface area (Å²) in [6.45, 7) is 4.29. The summed E-state index contributed by atoms with van der Waals surface area (Å²) in [5.74, 6) is 0.524. The minimum Gasteiger partial charge on any atom is -0.409 e. The topological polar surface area (TPSA) is 144 Å². The van der Waals surface area contributed by atoms with Gasteiger partial charge in [-0.3, -0.25) is 5.41 Å². The molecule has 0 saturated carbocycles. The van der Waals surface area contributed by atoms with Gasteiger partial charge in [-0.05, 0) is 19.1 Å². The quantitative estimate of drug-likeness (QED) is 0.542. The first-order valence-electron chi connectivity index (χ1n) is 8.13. The molecular formula is C17H19N7O2. The van der Waals surface area contributed by atoms with Crippen LogP contribution in [0.15, 0.2) is 33.6 Å². The molecule has 0 spiro atoms. The maximum absolute atomic E-state index is 9.38. The van der Waals surface area contributed by atoms with Crippen molar-refractivity contribution < 1.29 is 9.94 Å². The Hall–Kier alpha value is -3.25. The molecule has 0 aromatic carbocycles. The zero-order valence-corrected chi connectivity index (χ0v) is 14.4. The summed E-state index contributed by atoms with van der Waals surface area (Å²) in [5, 5.41) is 29.2. The molecule has 2 aliphatic rings. The minimum atomic E-state index is -0.116. The Labute approximate surface area is 150 Å². The predicted molar refractivity (Wildman–Crippen MR) is 97.0 cm³/mol. The van der Waals surface area contributed by atoms with E-state index in [9.17, 15) is 5.26 Å². The van der Waals surface area contributed by atoms with Crippen molar-refractivity contribution in [3.63, 3.8) is 0 Å². The molecule has 2 aliphatic heterocycles. The first-order chi connectivity index (χ1) is 12.5. The second-order valence-corrected chi connectivity index (χ2v) is 5.95. The van der Waals surface area contributed by atoms with Gasteiger partial charge in [-0.1, -0.05) is 5.16 Å². The van der Waals surface area contributed by atoms with Crippen molar-refractivity contribution in [3.05, 3.63) is 34.7 Å². The summed E-state index contributed by atoms with van der Waals surface area (Å²) in [4.78, 5) is 10.8. The molecular weight excluding hydrogens is 334 g/mol. The number of morpholine rings is 1. The van der Waals surface area contributed by atoms with Gasteiger partial charge in [-0.2, -0.15) is 5.26 Å². The van der Waals surface area contributed by atoms with Crippen LogP contribution in [-0.4, -0.2) is 53.8 Å². The van der Waals surface area contributed by atoms with E-state index in [1.807, 2.05) is 4.90 Å². The third-order valence-corrected chi connectivity index (χ3v) is 4.34. The van der Waals surface area contributed by atoms with E-state index in [0.29, 0.717) is 55.4 Å². The van der Waals surface area contributed by atoms with Gasteiger partial charge in [-0.15, -0.1) is 0 Å². The number of amidine groups is 1. The van der Waals surface area contributed by atoms with Gasteiger partial charge in [0, 0.05) is 36.5 Å². The molecule has 134 valence electrons. The molecule has 9 nitrogen and oxygen atoms in total. The van der Waals surface area contributed by atoms with Gasteiger partial charge >= 0.3 is 0 Å². The standard InChI is InChI=1S/C17H19N7O2/c1-10-13(14(19)15(20)16(21-10)23-25)8-12-3-2-11(9-18)17(22-12)24-4-6-26-7-5-24/h2-3,20,25H,4-8,19H2,1H3/b20-15?,23-16+. The number of allylic oxidation sites excluding steroid dienone is 1. The number of nitrogens with two attached hydrogens (primary N) is 1. The Balaban J connectivity index is 1.93. The van der Waals surface area contributed by atoms with Crippen LogP contribution in [0.3, 0.4) is 0 Å². The number of nitrogens with one attached hydrogen (secondary N) is 1. The fourth-order valence-electron chi connectivity index (χ4n) is 2.91. The van der Waals surface area contributed by atoms with Gasteiger partial charge in [0.05, 0.1) is 24.5 Å². The van der Waals surface area contributed by atoms with Crippen LogP contribution >= 0.6 is 0 Å². The highest BCUT2D eigenvalue weighted by Gasteiger charge is 2.24. The molecule has 3 heterocycles. The Bertz CT molecular complexity index is 874. The Morgan fingerprint density at radius 3 is 2.81 bits per heavy atom. The van der Waals surface area contributed by atoms with Crippen LogP contribution < -0.4 is 10.6 Å². The number of hydrogen-bond donors (Lipinski definition) is 3. The van der Waals surface area contributed by atoms with E-state index in [-0.39, 0.29) is 17.2 Å². The van der Waals surface area contributed by atoms with Crippen LogP contribution in [0.25, 0.3) is 0 Å². The number of nitriles is 1. The maximum atomic E-state index is 9.38. The summed E-state index contributed by atoms with van der Waals surface area (Å²) in [7, 11) is 0. The molecule has 9 heteroatoms. The highest BCUT2D eigenvalue weighted by molar-refractivity contribution is 6.50. The lowest BCUT2D eigenvalue weighted by atomic mass is 9.97. The fraction of sp³-hybridized carbons (Fsp3) is 0.353.